The molecule has 0 spiro atoms. The molecular weight excluding hydrogens is 346 g/mol. The fraction of sp³-hybridized carbons (Fsp3) is 0.350. The van der Waals surface area contributed by atoms with Crippen molar-refractivity contribution >= 4 is 17.7 Å². The van der Waals surface area contributed by atoms with E-state index >= 15 is 0 Å². The second kappa shape index (κ2) is 9.56. The van der Waals surface area contributed by atoms with Crippen molar-refractivity contribution in [3.63, 3.8) is 0 Å². The molecule has 1 heterocycles. The summed E-state index contributed by atoms with van der Waals surface area (Å²) < 4.78 is 5.06. The van der Waals surface area contributed by atoms with E-state index < -0.39 is 29.8 Å². The van der Waals surface area contributed by atoms with Crippen molar-refractivity contribution < 1.29 is 18.8 Å². The number of nitrogens with two attached hydrogens (primary N) is 1. The predicted octanol–water partition coefficient (Wildman–Crippen LogP) is 1.64. The molecule has 3 amide bonds. The second-order valence-corrected chi connectivity index (χ2v) is 6.79. The lowest BCUT2D eigenvalue weighted by atomic mass is 10.0. The Morgan fingerprint density at radius 3 is 2.26 bits per heavy atom. The lowest BCUT2D eigenvalue weighted by Crippen LogP contribution is -2.54. The van der Waals surface area contributed by atoms with Gasteiger partial charge >= 0.3 is 0 Å². The van der Waals surface area contributed by atoms with Crippen molar-refractivity contribution in [1.29, 1.82) is 0 Å². The molecule has 1 aromatic carbocycles. The number of hydrogen-bond donors (Lipinski definition) is 3. The van der Waals surface area contributed by atoms with E-state index in [1.54, 1.807) is 6.07 Å². The lowest BCUT2D eigenvalue weighted by Gasteiger charge is -2.23. The molecule has 0 radical (unpaired) electrons. The van der Waals surface area contributed by atoms with Gasteiger partial charge in [0.1, 0.15) is 12.1 Å². The van der Waals surface area contributed by atoms with Crippen LogP contribution in [0.3, 0.4) is 0 Å². The molecular formula is C20H25N3O4. The van der Waals surface area contributed by atoms with Gasteiger partial charge in [-0.2, -0.15) is 0 Å². The zero-order valence-corrected chi connectivity index (χ0v) is 15.5. The van der Waals surface area contributed by atoms with Crippen molar-refractivity contribution in [2.45, 2.75) is 38.8 Å². The quantitative estimate of drug-likeness (QED) is 0.621. The molecule has 144 valence electrons. The topological polar surface area (TPSA) is 114 Å². The van der Waals surface area contributed by atoms with Gasteiger partial charge in [-0.25, -0.2) is 0 Å². The van der Waals surface area contributed by atoms with E-state index in [9.17, 15) is 14.4 Å². The average Bonchev–Trinajstić information content (AvgIpc) is 3.15. The maximum Gasteiger partial charge on any atom is 0.287 e. The number of hydrogen-bond acceptors (Lipinski definition) is 4. The van der Waals surface area contributed by atoms with Crippen LogP contribution in [0.5, 0.6) is 0 Å². The summed E-state index contributed by atoms with van der Waals surface area (Å²) in [5, 5.41) is 5.32. The monoisotopic (exact) mass is 371 g/mol. The molecule has 0 aliphatic rings. The van der Waals surface area contributed by atoms with Crippen molar-refractivity contribution in [1.82, 2.24) is 10.6 Å². The van der Waals surface area contributed by atoms with Crippen LogP contribution in [-0.2, 0) is 16.0 Å². The highest BCUT2D eigenvalue weighted by Gasteiger charge is 2.27. The minimum atomic E-state index is -0.866. The smallest absolute Gasteiger partial charge is 0.287 e. The highest BCUT2D eigenvalue weighted by atomic mass is 16.3. The number of nitrogens with one attached hydrogen (secondary N) is 2. The Balaban J connectivity index is 2.07. The fourth-order valence-electron chi connectivity index (χ4n) is 2.68. The summed E-state index contributed by atoms with van der Waals surface area (Å²) >= 11 is 0. The Labute approximate surface area is 158 Å². The SMILES string of the molecule is CC(C)C[C@H](NC(=O)c1ccco1)C(=O)N[C@@H](Cc1ccccc1)C(N)=O. The molecule has 0 unspecified atom stereocenters. The number of benzene rings is 1. The largest absolute Gasteiger partial charge is 0.459 e. The number of carbonyl (C=O) groups excluding carboxylic acids is 3. The highest BCUT2D eigenvalue weighted by Crippen LogP contribution is 2.09. The van der Waals surface area contributed by atoms with Crippen molar-refractivity contribution in [3.05, 3.63) is 60.1 Å². The van der Waals surface area contributed by atoms with Gasteiger partial charge in [0, 0.05) is 6.42 Å². The number of furan rings is 1. The third-order valence-electron chi connectivity index (χ3n) is 4.02. The van der Waals surface area contributed by atoms with Gasteiger partial charge in [0.2, 0.25) is 11.8 Å². The molecule has 27 heavy (non-hydrogen) atoms. The molecule has 0 fully saturated rings. The molecule has 2 rings (SSSR count). The summed E-state index contributed by atoms with van der Waals surface area (Å²) in [5.74, 6) is -1.30. The van der Waals surface area contributed by atoms with Crippen LogP contribution >= 0.6 is 0 Å². The molecule has 4 N–H and O–H groups in total. The lowest BCUT2D eigenvalue weighted by molar-refractivity contribution is -0.128. The average molecular weight is 371 g/mol. The van der Waals surface area contributed by atoms with Gasteiger partial charge in [0.15, 0.2) is 5.76 Å². The van der Waals surface area contributed by atoms with E-state index in [1.807, 2.05) is 44.2 Å². The van der Waals surface area contributed by atoms with Crippen LogP contribution in [0.1, 0.15) is 36.4 Å². The zero-order valence-electron chi connectivity index (χ0n) is 15.5. The van der Waals surface area contributed by atoms with Gasteiger partial charge in [-0.1, -0.05) is 44.2 Å². The standard InChI is InChI=1S/C20H25N3O4/c1-13(2)11-16(23-20(26)17-9-6-10-27-17)19(25)22-15(18(21)24)12-14-7-4-3-5-8-14/h3-10,13,15-16H,11-12H2,1-2H3,(H2,21,24)(H,22,25)(H,23,26)/t15-,16-/m0/s1. The molecule has 0 saturated carbocycles. The molecule has 7 nitrogen and oxygen atoms in total. The van der Waals surface area contributed by atoms with Crippen LogP contribution in [0.2, 0.25) is 0 Å². The Hall–Kier alpha value is -3.09. The first-order valence-corrected chi connectivity index (χ1v) is 8.84. The summed E-state index contributed by atoms with van der Waals surface area (Å²) in [6, 6.07) is 10.7. The van der Waals surface area contributed by atoms with Gasteiger partial charge in [0.05, 0.1) is 6.26 Å². The Morgan fingerprint density at radius 1 is 1.00 bits per heavy atom. The van der Waals surface area contributed by atoms with E-state index in [1.165, 1.54) is 12.3 Å². The van der Waals surface area contributed by atoms with E-state index in [-0.39, 0.29) is 18.1 Å². The molecule has 7 heteroatoms. The van der Waals surface area contributed by atoms with Crippen LogP contribution < -0.4 is 16.4 Å². The first kappa shape index (κ1) is 20.2. The number of rotatable bonds is 9. The first-order valence-electron chi connectivity index (χ1n) is 8.84. The minimum absolute atomic E-state index is 0.118. The van der Waals surface area contributed by atoms with Crippen molar-refractivity contribution in [3.8, 4) is 0 Å². The Bertz CT molecular complexity index is 757. The van der Waals surface area contributed by atoms with Crippen LogP contribution in [0, 0.1) is 5.92 Å². The molecule has 2 atom stereocenters. The summed E-state index contributed by atoms with van der Waals surface area (Å²) in [6.45, 7) is 3.88. The molecule has 0 aliphatic carbocycles. The molecule has 1 aromatic heterocycles. The van der Waals surface area contributed by atoms with Gasteiger partial charge < -0.3 is 20.8 Å². The first-order chi connectivity index (χ1) is 12.9. The van der Waals surface area contributed by atoms with Crippen LogP contribution in [-0.4, -0.2) is 29.8 Å². The maximum atomic E-state index is 12.7. The Morgan fingerprint density at radius 2 is 1.70 bits per heavy atom. The van der Waals surface area contributed by atoms with E-state index in [0.717, 1.165) is 5.56 Å². The number of carbonyl (C=O) groups is 3. The molecule has 2 aromatic rings. The van der Waals surface area contributed by atoms with Gasteiger partial charge in [0.25, 0.3) is 5.91 Å². The molecule has 0 bridgehead atoms. The minimum Gasteiger partial charge on any atom is -0.459 e. The number of primary amides is 1. The van der Waals surface area contributed by atoms with E-state index in [0.29, 0.717) is 6.42 Å². The van der Waals surface area contributed by atoms with E-state index in [4.69, 9.17) is 10.2 Å². The normalized spacial score (nSPS) is 13.0. The molecule has 0 aliphatic heterocycles. The summed E-state index contributed by atoms with van der Waals surface area (Å²) in [5.41, 5.74) is 6.33. The molecule has 0 saturated heterocycles. The fourth-order valence-corrected chi connectivity index (χ4v) is 2.68. The van der Waals surface area contributed by atoms with Crippen LogP contribution in [0.25, 0.3) is 0 Å². The predicted molar refractivity (Wildman–Crippen MR) is 101 cm³/mol. The van der Waals surface area contributed by atoms with Crippen molar-refractivity contribution in [2.24, 2.45) is 11.7 Å². The summed E-state index contributed by atoms with van der Waals surface area (Å²) in [6.07, 6.45) is 2.08. The van der Waals surface area contributed by atoms with Gasteiger partial charge in [-0.05, 0) is 30.0 Å². The highest BCUT2D eigenvalue weighted by molar-refractivity contribution is 5.96. The summed E-state index contributed by atoms with van der Waals surface area (Å²) in [7, 11) is 0. The Kier molecular flexibility index (Phi) is 7.16. The van der Waals surface area contributed by atoms with Gasteiger partial charge in [-0.3, -0.25) is 14.4 Å². The van der Waals surface area contributed by atoms with Crippen molar-refractivity contribution in [2.75, 3.05) is 0 Å². The third kappa shape index (κ3) is 6.29. The van der Waals surface area contributed by atoms with Gasteiger partial charge in [-0.15, -0.1) is 0 Å². The second-order valence-electron chi connectivity index (χ2n) is 6.79. The zero-order chi connectivity index (χ0) is 19.8. The van der Waals surface area contributed by atoms with E-state index in [2.05, 4.69) is 10.6 Å². The maximum absolute atomic E-state index is 12.7. The summed E-state index contributed by atoms with van der Waals surface area (Å²) in [4.78, 5) is 36.8. The number of amides is 3. The van der Waals surface area contributed by atoms with Crippen LogP contribution in [0.4, 0.5) is 0 Å². The third-order valence-corrected chi connectivity index (χ3v) is 4.02. The van der Waals surface area contributed by atoms with Crippen LogP contribution in [0.15, 0.2) is 53.1 Å².